The van der Waals surface area contributed by atoms with Gasteiger partial charge < -0.3 is 9.16 Å². The van der Waals surface area contributed by atoms with Crippen molar-refractivity contribution in [1.82, 2.24) is 0 Å². The van der Waals surface area contributed by atoms with Gasteiger partial charge in [-0.2, -0.15) is 0 Å². The Morgan fingerprint density at radius 3 is 2.09 bits per heavy atom. The fourth-order valence-electron chi connectivity index (χ4n) is 6.49. The molecule has 0 aromatic heterocycles. The number of hydrogen-bond acceptors (Lipinski definition) is 3. The highest BCUT2D eigenvalue weighted by Crippen LogP contribution is 2.74. The van der Waals surface area contributed by atoms with Crippen LogP contribution < -0.4 is 0 Å². The predicted molar refractivity (Wildman–Crippen MR) is 94.9 cm³/mol. The standard InChI is InChI=1S/C19H34O3Si/c1-11(2)23(12(3)4,13(5)6)22-10-19-9-15(19)17-16(20)8-14(19)18(17)21-7/h11-15,17-18H,8-10H2,1-7H3/t14-,15?,17?,18?,19-/m1/s1. The van der Waals surface area contributed by atoms with E-state index < -0.39 is 8.32 Å². The van der Waals surface area contributed by atoms with Gasteiger partial charge in [0.05, 0.1) is 6.10 Å². The maximum atomic E-state index is 12.2. The van der Waals surface area contributed by atoms with Crippen LogP contribution >= 0.6 is 0 Å². The van der Waals surface area contributed by atoms with Crippen LogP contribution in [-0.2, 0) is 14.0 Å². The number of carbonyl (C=O) groups is 1. The van der Waals surface area contributed by atoms with Gasteiger partial charge in [0.25, 0.3) is 0 Å². The number of fused-ring (bicyclic) bond motifs is 5. The molecule has 23 heavy (non-hydrogen) atoms. The van der Waals surface area contributed by atoms with Crippen LogP contribution in [0.1, 0.15) is 54.4 Å². The van der Waals surface area contributed by atoms with Crippen LogP contribution in [-0.4, -0.2) is 33.9 Å². The molecule has 2 bridgehead atoms. The molecule has 3 nitrogen and oxygen atoms in total. The number of ether oxygens (including phenoxy) is 1. The van der Waals surface area contributed by atoms with Crippen LogP contribution in [0.5, 0.6) is 0 Å². The summed E-state index contributed by atoms with van der Waals surface area (Å²) in [6.45, 7) is 14.9. The van der Waals surface area contributed by atoms with E-state index in [1.54, 1.807) is 7.11 Å². The van der Waals surface area contributed by atoms with Crippen molar-refractivity contribution in [1.29, 1.82) is 0 Å². The Balaban J connectivity index is 1.78. The van der Waals surface area contributed by atoms with Gasteiger partial charge >= 0.3 is 0 Å². The lowest BCUT2D eigenvalue weighted by molar-refractivity contribution is -0.123. The smallest absolute Gasteiger partial charge is 0.200 e. The number of carbonyl (C=O) groups excluding carboxylic acids is 1. The Hall–Kier alpha value is -0.193. The molecule has 5 atom stereocenters. The molecule has 3 rings (SSSR count). The maximum Gasteiger partial charge on any atom is 0.200 e. The Bertz CT molecular complexity index is 465. The minimum atomic E-state index is -1.82. The van der Waals surface area contributed by atoms with Crippen LogP contribution in [0.25, 0.3) is 0 Å². The number of Topliss-reactive ketones (excluding diaryl/α,β-unsaturated/α-hetero) is 1. The minimum absolute atomic E-state index is 0.165. The zero-order valence-corrected chi connectivity index (χ0v) is 16.9. The lowest BCUT2D eigenvalue weighted by Gasteiger charge is -2.43. The van der Waals surface area contributed by atoms with Gasteiger partial charge in [0.1, 0.15) is 5.78 Å². The Labute approximate surface area is 142 Å². The van der Waals surface area contributed by atoms with Crippen molar-refractivity contribution in [2.75, 3.05) is 13.7 Å². The molecule has 3 fully saturated rings. The molecule has 3 aliphatic carbocycles. The highest BCUT2D eigenvalue weighted by Gasteiger charge is 2.76. The molecule has 0 aromatic rings. The summed E-state index contributed by atoms with van der Waals surface area (Å²) in [5, 5.41) is 0. The molecule has 0 aliphatic heterocycles. The molecule has 0 N–H and O–H groups in total. The third kappa shape index (κ3) is 2.24. The summed E-state index contributed by atoms with van der Waals surface area (Å²) < 4.78 is 12.6. The third-order valence-corrected chi connectivity index (χ3v) is 13.5. The summed E-state index contributed by atoms with van der Waals surface area (Å²) in [5.41, 5.74) is 2.12. The van der Waals surface area contributed by atoms with Gasteiger partial charge in [-0.05, 0) is 29.0 Å². The molecular formula is C19H34O3Si. The van der Waals surface area contributed by atoms with E-state index in [9.17, 15) is 4.79 Å². The van der Waals surface area contributed by atoms with Gasteiger partial charge in [0, 0.05) is 37.4 Å². The molecule has 3 saturated carbocycles. The predicted octanol–water partition coefficient (Wildman–Crippen LogP) is 4.42. The molecule has 0 spiro atoms. The number of hydrogen-bond donors (Lipinski definition) is 0. The first-order valence-corrected chi connectivity index (χ1v) is 11.6. The van der Waals surface area contributed by atoms with Crippen molar-refractivity contribution in [3.63, 3.8) is 0 Å². The van der Waals surface area contributed by atoms with E-state index in [-0.39, 0.29) is 17.4 Å². The minimum Gasteiger partial charge on any atom is -0.415 e. The summed E-state index contributed by atoms with van der Waals surface area (Å²) in [7, 11) is -0.0422. The van der Waals surface area contributed by atoms with Gasteiger partial charge in [0.2, 0.25) is 0 Å². The van der Waals surface area contributed by atoms with Crippen molar-refractivity contribution in [2.45, 2.75) is 77.1 Å². The highest BCUT2D eigenvalue weighted by atomic mass is 28.4. The zero-order valence-electron chi connectivity index (χ0n) is 15.9. The first kappa shape index (κ1) is 17.6. The Kier molecular flexibility index (Phi) is 4.34. The van der Waals surface area contributed by atoms with Crippen molar-refractivity contribution in [3.8, 4) is 0 Å². The normalized spacial score (nSPS) is 39.0. The molecule has 0 aromatic carbocycles. The monoisotopic (exact) mass is 338 g/mol. The maximum absolute atomic E-state index is 12.2. The van der Waals surface area contributed by atoms with E-state index in [4.69, 9.17) is 9.16 Å². The van der Waals surface area contributed by atoms with Crippen LogP contribution in [0.2, 0.25) is 16.6 Å². The van der Waals surface area contributed by atoms with Gasteiger partial charge in [-0.15, -0.1) is 0 Å². The van der Waals surface area contributed by atoms with E-state index in [0.29, 0.717) is 34.2 Å². The molecule has 3 unspecified atom stereocenters. The summed E-state index contributed by atoms with van der Waals surface area (Å²) in [5.74, 6) is 1.56. The van der Waals surface area contributed by atoms with Gasteiger partial charge in [-0.3, -0.25) is 4.79 Å². The largest absolute Gasteiger partial charge is 0.415 e. The Morgan fingerprint density at radius 1 is 1.09 bits per heavy atom. The molecule has 132 valence electrons. The van der Waals surface area contributed by atoms with E-state index >= 15 is 0 Å². The summed E-state index contributed by atoms with van der Waals surface area (Å²) in [6, 6.07) is 0. The molecule has 0 saturated heterocycles. The lowest BCUT2D eigenvalue weighted by atomic mass is 9.87. The number of rotatable bonds is 7. The molecule has 0 radical (unpaired) electrons. The second kappa shape index (κ2) is 5.67. The third-order valence-electron chi connectivity index (χ3n) is 7.46. The van der Waals surface area contributed by atoms with E-state index in [1.807, 2.05) is 0 Å². The van der Waals surface area contributed by atoms with E-state index in [2.05, 4.69) is 41.5 Å². The van der Waals surface area contributed by atoms with Crippen LogP contribution in [0.3, 0.4) is 0 Å². The van der Waals surface area contributed by atoms with Crippen LogP contribution in [0.15, 0.2) is 0 Å². The molecule has 4 heteroatoms. The van der Waals surface area contributed by atoms with E-state index in [0.717, 1.165) is 13.0 Å². The van der Waals surface area contributed by atoms with Gasteiger partial charge in [-0.25, -0.2) is 0 Å². The fourth-order valence-corrected chi connectivity index (χ4v) is 12.0. The first-order valence-electron chi connectivity index (χ1n) is 9.41. The van der Waals surface area contributed by atoms with Crippen molar-refractivity contribution in [3.05, 3.63) is 0 Å². The van der Waals surface area contributed by atoms with E-state index in [1.165, 1.54) is 6.42 Å². The quantitative estimate of drug-likeness (QED) is 0.645. The van der Waals surface area contributed by atoms with Gasteiger partial charge in [0.15, 0.2) is 8.32 Å². The van der Waals surface area contributed by atoms with Crippen molar-refractivity contribution < 1.29 is 14.0 Å². The molecular weight excluding hydrogens is 304 g/mol. The average Bonchev–Trinajstić information content (AvgIpc) is 3.01. The van der Waals surface area contributed by atoms with Crippen LogP contribution in [0.4, 0.5) is 0 Å². The van der Waals surface area contributed by atoms with Gasteiger partial charge in [-0.1, -0.05) is 41.5 Å². The summed E-state index contributed by atoms with van der Waals surface area (Å²) in [6.07, 6.45) is 2.08. The van der Waals surface area contributed by atoms with Crippen LogP contribution in [0, 0.1) is 23.2 Å². The molecule has 0 heterocycles. The highest BCUT2D eigenvalue weighted by molar-refractivity contribution is 6.77. The SMILES string of the molecule is COC1C2C(=O)C[C@H]1[C@]1(CO[Si](C(C)C)(C(C)C)C(C)C)CC21. The zero-order chi connectivity index (χ0) is 17.2. The Morgan fingerprint density at radius 2 is 1.65 bits per heavy atom. The van der Waals surface area contributed by atoms with Crippen molar-refractivity contribution >= 4 is 14.1 Å². The second-order valence-corrected chi connectivity index (χ2v) is 14.6. The topological polar surface area (TPSA) is 35.5 Å². The fraction of sp³-hybridized carbons (Fsp3) is 0.947. The van der Waals surface area contributed by atoms with Crippen molar-refractivity contribution in [2.24, 2.45) is 23.2 Å². The molecule has 3 aliphatic rings. The molecule has 0 amide bonds. The number of ketones is 1. The summed E-state index contributed by atoms with van der Waals surface area (Å²) >= 11 is 0. The second-order valence-electron chi connectivity index (χ2n) is 9.15. The first-order chi connectivity index (χ1) is 10.7. The number of methoxy groups -OCH3 is 1. The summed E-state index contributed by atoms with van der Waals surface area (Å²) in [4.78, 5) is 12.2. The lowest BCUT2D eigenvalue weighted by Crippen LogP contribution is -2.49. The average molecular weight is 339 g/mol.